The average molecular weight is 508 g/mol. The highest BCUT2D eigenvalue weighted by molar-refractivity contribution is 7.33. The van der Waals surface area contributed by atoms with E-state index in [-0.39, 0.29) is 24.7 Å². The monoisotopic (exact) mass is 507 g/mol. The summed E-state index contributed by atoms with van der Waals surface area (Å²) in [5, 5.41) is 20.4. The maximum atomic E-state index is 12.3. The van der Waals surface area contributed by atoms with Crippen molar-refractivity contribution >= 4 is 19.0 Å². The first-order chi connectivity index (χ1) is 17.6. The highest BCUT2D eigenvalue weighted by Crippen LogP contribution is 2.44. The Balaban J connectivity index is 0.000000383. The Kier molecular flexibility index (Phi) is 11.2. The SMILES string of the molecule is CCCCCOc1cc(O)c(O[P+](=O)OCc2ccccc2)c2ccccc12.OCc1ccccc1. The fraction of sp³-hybridized carbons (Fsp3) is 0.241. The number of fused-ring (bicyclic) bond motifs is 1. The molecular formula is C29H32O6P+. The molecule has 36 heavy (non-hydrogen) atoms. The summed E-state index contributed by atoms with van der Waals surface area (Å²) in [4.78, 5) is 0. The first-order valence-electron chi connectivity index (χ1n) is 12.0. The van der Waals surface area contributed by atoms with E-state index in [1.54, 1.807) is 6.07 Å². The number of hydrogen-bond acceptors (Lipinski definition) is 6. The summed E-state index contributed by atoms with van der Waals surface area (Å²) in [6.45, 7) is 3.01. The van der Waals surface area contributed by atoms with E-state index in [4.69, 9.17) is 18.9 Å². The lowest BCUT2D eigenvalue weighted by atomic mass is 10.1. The van der Waals surface area contributed by atoms with Gasteiger partial charge in [0, 0.05) is 21.4 Å². The number of unbranched alkanes of at least 4 members (excludes halogenated alkanes) is 2. The molecule has 6 nitrogen and oxygen atoms in total. The van der Waals surface area contributed by atoms with Crippen LogP contribution in [0.5, 0.6) is 17.2 Å². The number of ether oxygens (including phenoxy) is 1. The van der Waals surface area contributed by atoms with E-state index in [1.807, 2.05) is 78.9 Å². The Bertz CT molecular complexity index is 1210. The van der Waals surface area contributed by atoms with E-state index in [2.05, 4.69) is 6.92 Å². The van der Waals surface area contributed by atoms with Crippen LogP contribution in [0, 0.1) is 0 Å². The van der Waals surface area contributed by atoms with Crippen molar-refractivity contribution in [1.29, 1.82) is 0 Å². The zero-order valence-corrected chi connectivity index (χ0v) is 21.3. The molecule has 0 heterocycles. The van der Waals surface area contributed by atoms with Gasteiger partial charge in [-0.1, -0.05) is 105 Å². The number of hydrogen-bond donors (Lipinski definition) is 2. The second-order valence-corrected chi connectivity index (χ2v) is 8.93. The molecule has 188 valence electrons. The maximum Gasteiger partial charge on any atom is 0.750 e. The third-order valence-corrected chi connectivity index (χ3v) is 5.99. The second kappa shape index (κ2) is 14.8. The predicted molar refractivity (Wildman–Crippen MR) is 142 cm³/mol. The molecular weight excluding hydrogens is 475 g/mol. The first kappa shape index (κ1) is 27.2. The third kappa shape index (κ3) is 8.35. The van der Waals surface area contributed by atoms with Crippen LogP contribution in [0.1, 0.15) is 37.3 Å². The van der Waals surface area contributed by atoms with Gasteiger partial charge in [-0.15, -0.1) is 4.52 Å². The van der Waals surface area contributed by atoms with Gasteiger partial charge in [-0.3, -0.25) is 0 Å². The van der Waals surface area contributed by atoms with Crippen LogP contribution in [0.2, 0.25) is 0 Å². The van der Waals surface area contributed by atoms with Gasteiger partial charge in [0.15, 0.2) is 5.75 Å². The smallest absolute Gasteiger partial charge is 0.504 e. The van der Waals surface area contributed by atoms with Crippen LogP contribution in [-0.2, 0) is 22.3 Å². The minimum absolute atomic E-state index is 0.129. The van der Waals surface area contributed by atoms with Crippen LogP contribution in [0.25, 0.3) is 10.8 Å². The second-order valence-electron chi connectivity index (χ2n) is 8.04. The molecule has 7 heteroatoms. The topological polar surface area (TPSA) is 85.2 Å². The van der Waals surface area contributed by atoms with Crippen LogP contribution in [-0.4, -0.2) is 16.8 Å². The van der Waals surface area contributed by atoms with E-state index in [0.717, 1.165) is 35.8 Å². The summed E-state index contributed by atoms with van der Waals surface area (Å²) in [7, 11) is -2.45. The number of benzene rings is 4. The van der Waals surface area contributed by atoms with Crippen LogP contribution in [0.3, 0.4) is 0 Å². The minimum atomic E-state index is -2.45. The Morgan fingerprint density at radius 2 is 1.42 bits per heavy atom. The van der Waals surface area contributed by atoms with Gasteiger partial charge >= 0.3 is 8.25 Å². The molecule has 2 N–H and O–H groups in total. The third-order valence-electron chi connectivity index (χ3n) is 5.31. The fourth-order valence-corrected chi connectivity index (χ4v) is 4.08. The quantitative estimate of drug-likeness (QED) is 0.161. The molecule has 0 aliphatic heterocycles. The van der Waals surface area contributed by atoms with Gasteiger partial charge in [0.2, 0.25) is 5.75 Å². The summed E-state index contributed by atoms with van der Waals surface area (Å²) in [6.07, 6.45) is 3.14. The molecule has 0 aromatic heterocycles. The number of rotatable bonds is 11. The maximum absolute atomic E-state index is 12.3. The van der Waals surface area contributed by atoms with Gasteiger partial charge in [-0.2, -0.15) is 0 Å². The predicted octanol–water partition coefficient (Wildman–Crippen LogP) is 7.55. The van der Waals surface area contributed by atoms with Crippen molar-refractivity contribution in [3.63, 3.8) is 0 Å². The van der Waals surface area contributed by atoms with Crippen molar-refractivity contribution in [1.82, 2.24) is 0 Å². The van der Waals surface area contributed by atoms with Crippen molar-refractivity contribution in [2.24, 2.45) is 0 Å². The van der Waals surface area contributed by atoms with E-state index < -0.39 is 8.25 Å². The van der Waals surface area contributed by atoms with Crippen LogP contribution in [0.15, 0.2) is 91.0 Å². The van der Waals surface area contributed by atoms with E-state index in [9.17, 15) is 9.67 Å². The summed E-state index contributed by atoms with van der Waals surface area (Å²) in [5.41, 5.74) is 1.85. The van der Waals surface area contributed by atoms with Gasteiger partial charge in [-0.25, -0.2) is 4.52 Å². The molecule has 0 bridgehead atoms. The molecule has 0 fully saturated rings. The molecule has 0 radical (unpaired) electrons. The summed E-state index contributed by atoms with van der Waals surface area (Å²) in [5.74, 6) is 0.582. The number of aliphatic hydroxyl groups excluding tert-OH is 1. The summed E-state index contributed by atoms with van der Waals surface area (Å²) < 4.78 is 28.9. The molecule has 0 aliphatic carbocycles. The zero-order chi connectivity index (χ0) is 25.6. The van der Waals surface area contributed by atoms with Gasteiger partial charge in [0.1, 0.15) is 12.4 Å². The molecule has 1 unspecified atom stereocenters. The van der Waals surface area contributed by atoms with E-state index in [1.165, 1.54) is 6.07 Å². The molecule has 0 spiro atoms. The Labute approximate surface area is 213 Å². The van der Waals surface area contributed by atoms with Gasteiger partial charge in [0.25, 0.3) is 0 Å². The van der Waals surface area contributed by atoms with Crippen molar-refractivity contribution in [3.8, 4) is 17.2 Å². The minimum Gasteiger partial charge on any atom is -0.504 e. The lowest BCUT2D eigenvalue weighted by Crippen LogP contribution is -1.98. The largest absolute Gasteiger partial charge is 0.750 e. The molecule has 4 rings (SSSR count). The summed E-state index contributed by atoms with van der Waals surface area (Å²) >= 11 is 0. The number of aromatic hydroxyl groups is 1. The van der Waals surface area contributed by atoms with Crippen LogP contribution in [0.4, 0.5) is 0 Å². The first-order valence-corrected chi connectivity index (χ1v) is 13.1. The number of phenols is 1. The van der Waals surface area contributed by atoms with Crippen molar-refractivity contribution < 1.29 is 28.6 Å². The van der Waals surface area contributed by atoms with Gasteiger partial charge < -0.3 is 14.9 Å². The lowest BCUT2D eigenvalue weighted by Gasteiger charge is -2.11. The standard InChI is InChI=1S/C22H23O5P.C7H8O/c1-2-3-9-14-25-21-15-20(23)22(19-13-8-7-12-18(19)21)27-28(24)26-16-17-10-5-4-6-11-17;8-6-7-4-2-1-3-5-7/h4-8,10-13,15H,2-3,9,14,16H2,1H3;1-5,8H,6H2/p+1. The molecule has 0 saturated heterocycles. The number of phenolic OH excluding ortho intramolecular Hbond substituents is 1. The van der Waals surface area contributed by atoms with Crippen molar-refractivity contribution in [2.75, 3.05) is 6.61 Å². The normalized spacial score (nSPS) is 10.9. The lowest BCUT2D eigenvalue weighted by molar-refractivity contribution is 0.274. The molecule has 0 saturated carbocycles. The molecule has 1 atom stereocenters. The van der Waals surface area contributed by atoms with Gasteiger partial charge in [0.05, 0.1) is 13.2 Å². The van der Waals surface area contributed by atoms with Crippen LogP contribution < -0.4 is 9.26 Å². The molecule has 4 aromatic rings. The molecule has 4 aromatic carbocycles. The number of aliphatic hydroxyl groups is 1. The highest BCUT2D eigenvalue weighted by atomic mass is 31.1. The zero-order valence-electron chi connectivity index (χ0n) is 20.4. The molecule has 0 amide bonds. The Morgan fingerprint density at radius 3 is 2.03 bits per heavy atom. The molecule has 0 aliphatic rings. The summed E-state index contributed by atoms with van der Waals surface area (Å²) in [6, 6.07) is 27.8. The Morgan fingerprint density at radius 1 is 0.806 bits per heavy atom. The highest BCUT2D eigenvalue weighted by Gasteiger charge is 2.27. The van der Waals surface area contributed by atoms with E-state index >= 15 is 0 Å². The average Bonchev–Trinajstić information content (AvgIpc) is 2.93. The van der Waals surface area contributed by atoms with E-state index in [0.29, 0.717) is 17.7 Å². The van der Waals surface area contributed by atoms with Gasteiger partial charge in [-0.05, 0) is 17.5 Å². The van der Waals surface area contributed by atoms with Crippen LogP contribution >= 0.6 is 8.25 Å². The van der Waals surface area contributed by atoms with Crippen molar-refractivity contribution in [3.05, 3.63) is 102 Å². The Hall–Kier alpha value is -3.44. The van der Waals surface area contributed by atoms with Crippen molar-refractivity contribution in [2.45, 2.75) is 39.4 Å². The fourth-order valence-electron chi connectivity index (χ4n) is 3.44.